The largest absolute Gasteiger partial charge is 0.444 e. The smallest absolute Gasteiger partial charge is 0.410 e. The molecule has 0 bridgehead atoms. The topological polar surface area (TPSA) is 75.0 Å². The van der Waals surface area contributed by atoms with Crippen molar-refractivity contribution in [1.82, 2.24) is 24.9 Å². The van der Waals surface area contributed by atoms with E-state index in [1.54, 1.807) is 4.90 Å². The third-order valence-corrected chi connectivity index (χ3v) is 4.68. The van der Waals surface area contributed by atoms with E-state index in [4.69, 9.17) is 9.73 Å². The van der Waals surface area contributed by atoms with E-state index in [1.165, 1.54) is 5.56 Å². The molecule has 1 amide bonds. The number of aryl methyl sites for hydroxylation is 1. The van der Waals surface area contributed by atoms with Gasteiger partial charge in [0.1, 0.15) is 5.60 Å². The second-order valence-electron chi connectivity index (χ2n) is 8.17. The molecule has 2 rings (SSSR count). The summed E-state index contributed by atoms with van der Waals surface area (Å²) in [7, 11) is 1.95. The van der Waals surface area contributed by atoms with Crippen molar-refractivity contribution in [3.8, 4) is 0 Å². The number of amides is 1. The van der Waals surface area contributed by atoms with Gasteiger partial charge in [-0.2, -0.15) is 5.10 Å². The molecular weight excluding hydrogens is 483 g/mol. The Morgan fingerprint density at radius 2 is 2.14 bits per heavy atom. The van der Waals surface area contributed by atoms with Gasteiger partial charge in [0.15, 0.2) is 5.96 Å². The summed E-state index contributed by atoms with van der Waals surface area (Å²) >= 11 is 0. The molecule has 0 aliphatic carbocycles. The number of hydrogen-bond donors (Lipinski definition) is 1. The molecule has 29 heavy (non-hydrogen) atoms. The zero-order valence-corrected chi connectivity index (χ0v) is 21.0. The number of ether oxygens (including phenoxy) is 1. The van der Waals surface area contributed by atoms with Gasteiger partial charge in [0.05, 0.1) is 12.7 Å². The van der Waals surface area contributed by atoms with E-state index >= 15 is 0 Å². The van der Waals surface area contributed by atoms with Crippen LogP contribution >= 0.6 is 24.0 Å². The Balaban J connectivity index is 0.00000420. The number of rotatable bonds is 6. The molecule has 8 nitrogen and oxygen atoms in total. The Morgan fingerprint density at radius 1 is 1.41 bits per heavy atom. The lowest BCUT2D eigenvalue weighted by Crippen LogP contribution is -2.41. The molecule has 1 fully saturated rings. The standard InChI is InChI=1S/C20H36N6O2.HI/c1-7-21-18(22-10-12-25(8-2)19(27)28-20(3,4)5)26-11-9-16(15-26)17-13-23-24(6)14-17;/h13-14,16H,7-12,15H2,1-6H3,(H,21,22);1H. The molecule has 1 atom stereocenters. The van der Waals surface area contributed by atoms with Crippen LogP contribution in [0, 0.1) is 0 Å². The summed E-state index contributed by atoms with van der Waals surface area (Å²) in [5.41, 5.74) is 0.794. The van der Waals surface area contributed by atoms with Crippen LogP contribution in [0.2, 0.25) is 0 Å². The van der Waals surface area contributed by atoms with Crippen LogP contribution in [0.15, 0.2) is 17.4 Å². The number of nitrogens with zero attached hydrogens (tertiary/aromatic N) is 5. The average Bonchev–Trinajstić information content (AvgIpc) is 3.25. The van der Waals surface area contributed by atoms with Crippen molar-refractivity contribution in [3.05, 3.63) is 18.0 Å². The maximum atomic E-state index is 12.3. The average molecular weight is 520 g/mol. The van der Waals surface area contributed by atoms with Gasteiger partial charge in [0, 0.05) is 51.9 Å². The minimum absolute atomic E-state index is 0. The van der Waals surface area contributed by atoms with Gasteiger partial charge < -0.3 is 19.9 Å². The van der Waals surface area contributed by atoms with Crippen molar-refractivity contribution in [2.24, 2.45) is 12.0 Å². The number of carbonyl (C=O) groups excluding carboxylic acids is 1. The molecule has 1 N–H and O–H groups in total. The number of guanidine groups is 1. The van der Waals surface area contributed by atoms with Gasteiger partial charge in [-0.1, -0.05) is 0 Å². The predicted molar refractivity (Wildman–Crippen MR) is 127 cm³/mol. The summed E-state index contributed by atoms with van der Waals surface area (Å²) < 4.78 is 7.32. The Labute approximate surface area is 192 Å². The van der Waals surface area contributed by atoms with Gasteiger partial charge >= 0.3 is 6.09 Å². The first-order valence-electron chi connectivity index (χ1n) is 10.2. The van der Waals surface area contributed by atoms with E-state index in [-0.39, 0.29) is 30.1 Å². The second kappa shape index (κ2) is 11.6. The molecule has 1 saturated heterocycles. The molecule has 2 heterocycles. The van der Waals surface area contributed by atoms with Crippen molar-refractivity contribution in [3.63, 3.8) is 0 Å². The van der Waals surface area contributed by atoms with Crippen LogP contribution in [0.4, 0.5) is 4.79 Å². The van der Waals surface area contributed by atoms with Crippen molar-refractivity contribution >= 4 is 36.0 Å². The number of likely N-dealkylation sites (N-methyl/N-ethyl adjacent to an activating group) is 1. The number of aliphatic imine (C=N–C) groups is 1. The van der Waals surface area contributed by atoms with E-state index in [0.717, 1.165) is 32.0 Å². The van der Waals surface area contributed by atoms with Crippen LogP contribution in [0.3, 0.4) is 0 Å². The first-order chi connectivity index (χ1) is 13.2. The molecule has 166 valence electrons. The van der Waals surface area contributed by atoms with Crippen molar-refractivity contribution in [1.29, 1.82) is 0 Å². The Hall–Kier alpha value is -1.52. The Kier molecular flexibility index (Phi) is 10.2. The van der Waals surface area contributed by atoms with E-state index in [9.17, 15) is 4.79 Å². The fourth-order valence-electron chi connectivity index (χ4n) is 3.28. The van der Waals surface area contributed by atoms with E-state index in [0.29, 0.717) is 25.6 Å². The summed E-state index contributed by atoms with van der Waals surface area (Å²) in [6.07, 6.45) is 4.86. The van der Waals surface area contributed by atoms with Gasteiger partial charge in [-0.25, -0.2) is 4.79 Å². The lowest BCUT2D eigenvalue weighted by atomic mass is 10.0. The summed E-state index contributed by atoms with van der Waals surface area (Å²) in [5, 5.41) is 7.67. The second-order valence-corrected chi connectivity index (χ2v) is 8.17. The number of carbonyl (C=O) groups is 1. The van der Waals surface area contributed by atoms with Crippen molar-refractivity contribution in [2.45, 2.75) is 52.6 Å². The SMILES string of the molecule is CCNC(=NCCN(CC)C(=O)OC(C)(C)C)N1CCC(c2cnn(C)c2)C1.I. The minimum Gasteiger partial charge on any atom is -0.444 e. The monoisotopic (exact) mass is 520 g/mol. The van der Waals surface area contributed by atoms with E-state index in [2.05, 4.69) is 28.4 Å². The van der Waals surface area contributed by atoms with Crippen LogP contribution in [0.5, 0.6) is 0 Å². The number of nitrogens with one attached hydrogen (secondary N) is 1. The summed E-state index contributed by atoms with van der Waals surface area (Å²) in [4.78, 5) is 21.0. The van der Waals surface area contributed by atoms with Crippen LogP contribution in [0.25, 0.3) is 0 Å². The highest BCUT2D eigenvalue weighted by Gasteiger charge is 2.27. The van der Waals surface area contributed by atoms with Crippen molar-refractivity contribution in [2.75, 3.05) is 39.3 Å². The minimum atomic E-state index is -0.487. The maximum absolute atomic E-state index is 12.3. The number of likely N-dealkylation sites (tertiary alicyclic amines) is 1. The quantitative estimate of drug-likeness (QED) is 0.355. The molecule has 1 aliphatic heterocycles. The van der Waals surface area contributed by atoms with Gasteiger partial charge in [0.2, 0.25) is 0 Å². The molecule has 1 aromatic heterocycles. The van der Waals surface area contributed by atoms with Gasteiger partial charge in [-0.3, -0.25) is 9.67 Å². The number of halogens is 1. The zero-order chi connectivity index (χ0) is 20.7. The Morgan fingerprint density at radius 3 is 2.69 bits per heavy atom. The van der Waals surface area contributed by atoms with Crippen LogP contribution in [-0.2, 0) is 11.8 Å². The fraction of sp³-hybridized carbons (Fsp3) is 0.750. The Bertz CT molecular complexity index is 670. The molecule has 9 heteroatoms. The number of hydrogen-bond acceptors (Lipinski definition) is 4. The van der Waals surface area contributed by atoms with Crippen LogP contribution in [-0.4, -0.2) is 76.5 Å². The van der Waals surface area contributed by atoms with Crippen LogP contribution in [0.1, 0.15) is 52.5 Å². The fourth-order valence-corrected chi connectivity index (χ4v) is 3.28. The highest BCUT2D eigenvalue weighted by atomic mass is 127. The molecule has 1 aliphatic rings. The highest BCUT2D eigenvalue weighted by molar-refractivity contribution is 14.0. The molecular formula is C20H37IN6O2. The predicted octanol–water partition coefficient (Wildman–Crippen LogP) is 3.05. The third-order valence-electron chi connectivity index (χ3n) is 4.68. The molecule has 0 aromatic carbocycles. The van der Waals surface area contributed by atoms with Crippen LogP contribution < -0.4 is 5.32 Å². The van der Waals surface area contributed by atoms with Gasteiger partial charge in [-0.15, -0.1) is 24.0 Å². The first-order valence-corrected chi connectivity index (χ1v) is 10.2. The lowest BCUT2D eigenvalue weighted by Gasteiger charge is -2.26. The highest BCUT2D eigenvalue weighted by Crippen LogP contribution is 2.26. The summed E-state index contributed by atoms with van der Waals surface area (Å²) in [5.74, 6) is 1.39. The number of aromatic nitrogens is 2. The zero-order valence-electron chi connectivity index (χ0n) is 18.6. The first kappa shape index (κ1) is 25.5. The van der Waals surface area contributed by atoms with E-state index < -0.39 is 5.60 Å². The normalized spacial score (nSPS) is 17.1. The molecule has 0 spiro atoms. The molecule has 0 radical (unpaired) electrons. The van der Waals surface area contributed by atoms with E-state index in [1.807, 2.05) is 45.6 Å². The van der Waals surface area contributed by atoms with Crippen molar-refractivity contribution < 1.29 is 9.53 Å². The molecule has 1 unspecified atom stereocenters. The maximum Gasteiger partial charge on any atom is 0.410 e. The lowest BCUT2D eigenvalue weighted by molar-refractivity contribution is 0.0266. The summed E-state index contributed by atoms with van der Waals surface area (Å²) in [6.45, 7) is 14.1. The summed E-state index contributed by atoms with van der Waals surface area (Å²) in [6, 6.07) is 0. The molecule has 0 saturated carbocycles. The third kappa shape index (κ3) is 8.02. The van der Waals surface area contributed by atoms with Gasteiger partial charge in [-0.05, 0) is 46.6 Å². The van der Waals surface area contributed by atoms with Gasteiger partial charge in [0.25, 0.3) is 0 Å². The molecule has 1 aromatic rings.